The van der Waals surface area contributed by atoms with Crippen LogP contribution in [0.5, 0.6) is 0 Å². The van der Waals surface area contributed by atoms with E-state index in [1.54, 1.807) is 26.1 Å². The molecule has 0 aliphatic heterocycles. The van der Waals surface area contributed by atoms with E-state index < -0.39 is 0 Å². The van der Waals surface area contributed by atoms with Crippen molar-refractivity contribution in [1.82, 2.24) is 4.90 Å². The first-order valence-corrected chi connectivity index (χ1v) is 4.82. The van der Waals surface area contributed by atoms with Crippen molar-refractivity contribution >= 4 is 11.7 Å². The van der Waals surface area contributed by atoms with E-state index in [0.717, 1.165) is 0 Å². The fraction of sp³-hybridized carbons (Fsp3) is 0.400. The lowest BCUT2D eigenvalue weighted by Gasteiger charge is -2.19. The normalized spacial score (nSPS) is 13.5. The standard InChI is InChI=1S/C10H15N3O3/c1-7(9(11)12-15)6-13(2)10(14)8-4-3-5-16-8/h3-5,7,15H,6H2,1-2H3,(H2,11,12). The predicted molar refractivity (Wildman–Crippen MR) is 58.2 cm³/mol. The maximum atomic E-state index is 11.7. The van der Waals surface area contributed by atoms with Gasteiger partial charge < -0.3 is 20.3 Å². The van der Waals surface area contributed by atoms with Gasteiger partial charge in [-0.05, 0) is 12.1 Å². The molecule has 16 heavy (non-hydrogen) atoms. The van der Waals surface area contributed by atoms with Crippen LogP contribution in [0.2, 0.25) is 0 Å². The summed E-state index contributed by atoms with van der Waals surface area (Å²) >= 11 is 0. The molecular formula is C10H15N3O3. The average molecular weight is 225 g/mol. The topological polar surface area (TPSA) is 92.1 Å². The number of amidine groups is 1. The summed E-state index contributed by atoms with van der Waals surface area (Å²) < 4.78 is 4.98. The summed E-state index contributed by atoms with van der Waals surface area (Å²) in [5.41, 5.74) is 5.42. The van der Waals surface area contributed by atoms with Crippen molar-refractivity contribution in [1.29, 1.82) is 0 Å². The third-order valence-electron chi connectivity index (χ3n) is 2.25. The molecule has 0 radical (unpaired) electrons. The highest BCUT2D eigenvalue weighted by Crippen LogP contribution is 2.06. The number of rotatable bonds is 4. The first-order chi connectivity index (χ1) is 7.56. The Labute approximate surface area is 93.3 Å². The van der Waals surface area contributed by atoms with Crippen molar-refractivity contribution in [2.45, 2.75) is 6.92 Å². The lowest BCUT2D eigenvalue weighted by atomic mass is 10.1. The number of nitrogens with zero attached hydrogens (tertiary/aromatic N) is 2. The van der Waals surface area contributed by atoms with Gasteiger partial charge in [0.2, 0.25) is 0 Å². The molecule has 0 saturated carbocycles. The number of oxime groups is 1. The summed E-state index contributed by atoms with van der Waals surface area (Å²) in [5.74, 6) is -0.0789. The molecule has 0 fully saturated rings. The molecule has 1 aromatic heterocycles. The number of furan rings is 1. The van der Waals surface area contributed by atoms with Crippen LogP contribution in [0.4, 0.5) is 0 Å². The smallest absolute Gasteiger partial charge is 0.289 e. The molecule has 6 nitrogen and oxygen atoms in total. The summed E-state index contributed by atoms with van der Waals surface area (Å²) in [6, 6.07) is 3.24. The predicted octanol–water partition coefficient (Wildman–Crippen LogP) is 0.734. The third-order valence-corrected chi connectivity index (χ3v) is 2.25. The zero-order valence-corrected chi connectivity index (χ0v) is 9.25. The molecule has 0 saturated heterocycles. The Balaban J connectivity index is 2.59. The fourth-order valence-electron chi connectivity index (χ4n) is 1.27. The van der Waals surface area contributed by atoms with Gasteiger partial charge >= 0.3 is 0 Å². The summed E-state index contributed by atoms with van der Waals surface area (Å²) in [6.45, 7) is 2.12. The Bertz CT molecular complexity index is 373. The Hall–Kier alpha value is -1.98. The molecule has 1 atom stereocenters. The van der Waals surface area contributed by atoms with Crippen LogP contribution in [-0.2, 0) is 0 Å². The largest absolute Gasteiger partial charge is 0.459 e. The van der Waals surface area contributed by atoms with Gasteiger partial charge in [0.1, 0.15) is 5.84 Å². The van der Waals surface area contributed by atoms with Crippen molar-refractivity contribution in [3.8, 4) is 0 Å². The van der Waals surface area contributed by atoms with Crippen LogP contribution in [0.3, 0.4) is 0 Å². The second-order valence-corrected chi connectivity index (χ2v) is 3.59. The Morgan fingerprint density at radius 3 is 2.94 bits per heavy atom. The van der Waals surface area contributed by atoms with Crippen LogP contribution in [0, 0.1) is 5.92 Å². The minimum atomic E-state index is -0.234. The SMILES string of the molecule is CC(CN(C)C(=O)c1ccco1)C(N)=NO. The van der Waals surface area contributed by atoms with Crippen molar-refractivity contribution in [2.75, 3.05) is 13.6 Å². The van der Waals surface area contributed by atoms with Crippen molar-refractivity contribution in [3.05, 3.63) is 24.2 Å². The third kappa shape index (κ3) is 2.75. The summed E-state index contributed by atoms with van der Waals surface area (Å²) in [4.78, 5) is 13.2. The lowest BCUT2D eigenvalue weighted by Crippen LogP contribution is -2.36. The van der Waals surface area contributed by atoms with E-state index in [9.17, 15) is 4.79 Å². The highest BCUT2D eigenvalue weighted by Gasteiger charge is 2.18. The van der Waals surface area contributed by atoms with Crippen LogP contribution in [0.25, 0.3) is 0 Å². The van der Waals surface area contributed by atoms with E-state index in [2.05, 4.69) is 5.16 Å². The zero-order chi connectivity index (χ0) is 12.1. The molecule has 1 unspecified atom stereocenters. The monoisotopic (exact) mass is 225 g/mol. The first-order valence-electron chi connectivity index (χ1n) is 4.82. The Morgan fingerprint density at radius 1 is 1.75 bits per heavy atom. The number of carbonyl (C=O) groups excluding carboxylic acids is 1. The number of amides is 1. The number of hydrogen-bond acceptors (Lipinski definition) is 4. The first kappa shape index (κ1) is 12.1. The van der Waals surface area contributed by atoms with E-state index in [-0.39, 0.29) is 23.4 Å². The highest BCUT2D eigenvalue weighted by molar-refractivity contribution is 5.91. The van der Waals surface area contributed by atoms with E-state index >= 15 is 0 Å². The number of carbonyl (C=O) groups is 1. The van der Waals surface area contributed by atoms with E-state index in [4.69, 9.17) is 15.4 Å². The molecular weight excluding hydrogens is 210 g/mol. The minimum absolute atomic E-state index is 0.0964. The Morgan fingerprint density at radius 2 is 2.44 bits per heavy atom. The molecule has 0 spiro atoms. The van der Waals surface area contributed by atoms with Gasteiger partial charge in [-0.15, -0.1) is 0 Å². The van der Waals surface area contributed by atoms with Gasteiger partial charge in [0.05, 0.1) is 6.26 Å². The summed E-state index contributed by atoms with van der Waals surface area (Å²) in [5, 5.41) is 11.4. The van der Waals surface area contributed by atoms with Gasteiger partial charge in [0.15, 0.2) is 5.76 Å². The summed E-state index contributed by atoms with van der Waals surface area (Å²) in [7, 11) is 1.63. The lowest BCUT2D eigenvalue weighted by molar-refractivity contribution is 0.0754. The molecule has 1 rings (SSSR count). The molecule has 0 bridgehead atoms. The molecule has 0 aromatic carbocycles. The maximum Gasteiger partial charge on any atom is 0.289 e. The van der Waals surface area contributed by atoms with Gasteiger partial charge in [-0.2, -0.15) is 0 Å². The minimum Gasteiger partial charge on any atom is -0.459 e. The van der Waals surface area contributed by atoms with Gasteiger partial charge in [0, 0.05) is 19.5 Å². The molecule has 6 heteroatoms. The molecule has 0 aliphatic carbocycles. The molecule has 1 amide bonds. The van der Waals surface area contributed by atoms with Crippen LogP contribution in [0.15, 0.2) is 28.0 Å². The van der Waals surface area contributed by atoms with E-state index in [0.29, 0.717) is 6.54 Å². The molecule has 0 aliphatic rings. The second kappa shape index (κ2) is 5.20. The molecule has 1 heterocycles. The Kier molecular flexibility index (Phi) is 3.93. The molecule has 88 valence electrons. The van der Waals surface area contributed by atoms with Crippen molar-refractivity contribution < 1.29 is 14.4 Å². The zero-order valence-electron chi connectivity index (χ0n) is 9.25. The van der Waals surface area contributed by atoms with Gasteiger partial charge in [-0.3, -0.25) is 4.79 Å². The fourth-order valence-corrected chi connectivity index (χ4v) is 1.27. The van der Waals surface area contributed by atoms with Crippen LogP contribution in [-0.4, -0.2) is 35.4 Å². The van der Waals surface area contributed by atoms with Crippen LogP contribution >= 0.6 is 0 Å². The molecule has 3 N–H and O–H groups in total. The van der Waals surface area contributed by atoms with Gasteiger partial charge in [-0.25, -0.2) is 0 Å². The second-order valence-electron chi connectivity index (χ2n) is 3.59. The van der Waals surface area contributed by atoms with E-state index in [1.807, 2.05) is 0 Å². The quantitative estimate of drug-likeness (QED) is 0.342. The number of hydrogen-bond donors (Lipinski definition) is 2. The van der Waals surface area contributed by atoms with Crippen molar-refractivity contribution in [3.63, 3.8) is 0 Å². The van der Waals surface area contributed by atoms with Gasteiger partial charge in [0.25, 0.3) is 5.91 Å². The van der Waals surface area contributed by atoms with Crippen LogP contribution < -0.4 is 5.73 Å². The summed E-state index contributed by atoms with van der Waals surface area (Å²) in [6.07, 6.45) is 1.44. The van der Waals surface area contributed by atoms with Gasteiger partial charge in [-0.1, -0.05) is 12.1 Å². The van der Waals surface area contributed by atoms with Crippen molar-refractivity contribution in [2.24, 2.45) is 16.8 Å². The maximum absolute atomic E-state index is 11.7. The number of nitrogens with two attached hydrogens (primary N) is 1. The molecule has 1 aromatic rings. The highest BCUT2D eigenvalue weighted by atomic mass is 16.4. The van der Waals surface area contributed by atoms with Crippen LogP contribution in [0.1, 0.15) is 17.5 Å². The van der Waals surface area contributed by atoms with E-state index in [1.165, 1.54) is 11.2 Å². The average Bonchev–Trinajstić information content (AvgIpc) is 2.79.